The van der Waals surface area contributed by atoms with Crippen molar-refractivity contribution in [2.24, 2.45) is 7.05 Å². The van der Waals surface area contributed by atoms with Crippen LogP contribution in [0.5, 0.6) is 0 Å². The maximum absolute atomic E-state index is 13.6. The Labute approximate surface area is 125 Å². The van der Waals surface area contributed by atoms with E-state index in [4.69, 9.17) is 0 Å². The molecule has 5 heteroatoms. The van der Waals surface area contributed by atoms with Crippen LogP contribution < -0.4 is 0 Å². The van der Waals surface area contributed by atoms with Crippen molar-refractivity contribution in [2.75, 3.05) is 0 Å². The molecule has 0 amide bonds. The van der Waals surface area contributed by atoms with Crippen molar-refractivity contribution in [3.63, 3.8) is 0 Å². The number of rotatable bonds is 3. The highest BCUT2D eigenvalue weighted by molar-refractivity contribution is 9.10. The minimum atomic E-state index is -0.364. The number of hydrogen-bond acceptors (Lipinski definition) is 2. The van der Waals surface area contributed by atoms with E-state index >= 15 is 0 Å². The van der Waals surface area contributed by atoms with Crippen LogP contribution in [0.1, 0.15) is 27.3 Å². The Balaban J connectivity index is 2.32. The highest BCUT2D eigenvalue weighted by Crippen LogP contribution is 2.18. The minimum absolute atomic E-state index is 0.174. The van der Waals surface area contributed by atoms with Gasteiger partial charge in [0.15, 0.2) is 5.78 Å². The largest absolute Gasteiger partial charge is 0.289 e. The zero-order valence-electron chi connectivity index (χ0n) is 11.4. The summed E-state index contributed by atoms with van der Waals surface area (Å²) in [6, 6.07) is 4.60. The second kappa shape index (κ2) is 5.71. The van der Waals surface area contributed by atoms with Crippen molar-refractivity contribution in [3.05, 3.63) is 57.1 Å². The Morgan fingerprint density at radius 3 is 2.70 bits per heavy atom. The molecule has 0 atom stereocenters. The van der Waals surface area contributed by atoms with Crippen molar-refractivity contribution >= 4 is 27.8 Å². The summed E-state index contributed by atoms with van der Waals surface area (Å²) in [4.78, 5) is 12.2. The molecule has 1 aromatic carbocycles. The first-order chi connectivity index (χ1) is 9.40. The van der Waals surface area contributed by atoms with Crippen LogP contribution in [-0.2, 0) is 7.05 Å². The number of carbonyl (C=O) groups is 1. The van der Waals surface area contributed by atoms with Crippen LogP contribution in [0.2, 0.25) is 0 Å². The first-order valence-electron chi connectivity index (χ1n) is 6.08. The summed E-state index contributed by atoms with van der Waals surface area (Å²) in [5.41, 5.74) is 2.41. The molecule has 2 rings (SSSR count). The zero-order chi connectivity index (χ0) is 14.9. The molecule has 0 bridgehead atoms. The molecular weight excluding hydrogens is 323 g/mol. The van der Waals surface area contributed by atoms with Crippen molar-refractivity contribution < 1.29 is 9.18 Å². The monoisotopic (exact) mass is 336 g/mol. The second-order valence-corrected chi connectivity index (χ2v) is 5.45. The van der Waals surface area contributed by atoms with Gasteiger partial charge in [0.25, 0.3) is 0 Å². The maximum Gasteiger partial charge on any atom is 0.189 e. The number of aryl methyl sites for hydroxylation is 2. The Bertz CT molecular complexity index is 704. The normalized spacial score (nSPS) is 11.2. The van der Waals surface area contributed by atoms with Crippen molar-refractivity contribution in [1.29, 1.82) is 0 Å². The highest BCUT2D eigenvalue weighted by atomic mass is 79.9. The molecule has 0 radical (unpaired) electrons. The Morgan fingerprint density at radius 2 is 2.10 bits per heavy atom. The molecule has 0 aliphatic rings. The smallest absolute Gasteiger partial charge is 0.189 e. The average Bonchev–Trinajstić information content (AvgIpc) is 2.64. The van der Waals surface area contributed by atoms with Crippen LogP contribution in [0.4, 0.5) is 4.39 Å². The maximum atomic E-state index is 13.6. The van der Waals surface area contributed by atoms with Gasteiger partial charge in [-0.1, -0.05) is 15.9 Å². The van der Waals surface area contributed by atoms with E-state index in [0.717, 1.165) is 10.2 Å². The van der Waals surface area contributed by atoms with Crippen LogP contribution in [0.15, 0.2) is 28.7 Å². The summed E-state index contributed by atoms with van der Waals surface area (Å²) < 4.78 is 16.0. The number of nitrogens with zero attached hydrogens (tertiary/aromatic N) is 2. The van der Waals surface area contributed by atoms with Gasteiger partial charge in [-0.2, -0.15) is 5.10 Å². The lowest BCUT2D eigenvalue weighted by Crippen LogP contribution is -1.99. The van der Waals surface area contributed by atoms with E-state index < -0.39 is 0 Å². The fourth-order valence-corrected chi connectivity index (χ4v) is 2.40. The molecule has 0 aliphatic carbocycles. The van der Waals surface area contributed by atoms with Crippen LogP contribution >= 0.6 is 15.9 Å². The van der Waals surface area contributed by atoms with Crippen LogP contribution in [0.25, 0.3) is 6.08 Å². The fraction of sp³-hybridized carbons (Fsp3) is 0.200. The summed E-state index contributed by atoms with van der Waals surface area (Å²) in [5, 5.41) is 4.20. The van der Waals surface area contributed by atoms with Gasteiger partial charge in [-0.25, -0.2) is 4.39 Å². The lowest BCUT2D eigenvalue weighted by Gasteiger charge is -1.99. The molecule has 0 fully saturated rings. The lowest BCUT2D eigenvalue weighted by atomic mass is 10.1. The molecule has 0 aliphatic heterocycles. The molecule has 2 aromatic rings. The fourth-order valence-electron chi connectivity index (χ4n) is 2.02. The molecule has 0 unspecified atom stereocenters. The van der Waals surface area contributed by atoms with Crippen LogP contribution in [-0.4, -0.2) is 15.6 Å². The van der Waals surface area contributed by atoms with Crippen molar-refractivity contribution in [2.45, 2.75) is 13.8 Å². The number of halogens is 2. The summed E-state index contributed by atoms with van der Waals surface area (Å²) in [7, 11) is 1.79. The summed E-state index contributed by atoms with van der Waals surface area (Å²) in [5.74, 6) is -0.538. The average molecular weight is 337 g/mol. The quantitative estimate of drug-likeness (QED) is 0.630. The molecule has 0 saturated carbocycles. The minimum Gasteiger partial charge on any atom is -0.289 e. The summed E-state index contributed by atoms with van der Waals surface area (Å²) >= 11 is 3.28. The first-order valence-corrected chi connectivity index (χ1v) is 6.87. The van der Waals surface area contributed by atoms with Crippen LogP contribution in [0.3, 0.4) is 0 Å². The van der Waals surface area contributed by atoms with Crippen LogP contribution in [0, 0.1) is 19.7 Å². The lowest BCUT2D eigenvalue weighted by molar-refractivity contribution is 0.104. The predicted molar refractivity (Wildman–Crippen MR) is 80.1 cm³/mol. The highest BCUT2D eigenvalue weighted by Gasteiger charge is 2.14. The van der Waals surface area contributed by atoms with Gasteiger partial charge in [-0.15, -0.1) is 0 Å². The molecule has 104 valence electrons. The van der Waals surface area contributed by atoms with E-state index in [9.17, 15) is 9.18 Å². The van der Waals surface area contributed by atoms with E-state index in [1.54, 1.807) is 30.8 Å². The molecule has 0 saturated heterocycles. The van der Waals surface area contributed by atoms with E-state index in [1.807, 2.05) is 6.92 Å². The topological polar surface area (TPSA) is 34.9 Å². The van der Waals surface area contributed by atoms with Gasteiger partial charge < -0.3 is 0 Å². The predicted octanol–water partition coefficient (Wildman–Crippen LogP) is 3.83. The molecular formula is C15H14BrFN2O. The third-order valence-electron chi connectivity index (χ3n) is 3.13. The van der Waals surface area contributed by atoms with Gasteiger partial charge in [-0.05, 0) is 44.2 Å². The van der Waals surface area contributed by atoms with Gasteiger partial charge in [0.2, 0.25) is 0 Å². The van der Waals surface area contributed by atoms with E-state index in [0.29, 0.717) is 16.8 Å². The molecule has 1 aromatic heterocycles. The number of benzene rings is 1. The third kappa shape index (κ3) is 2.88. The molecule has 3 nitrogen and oxygen atoms in total. The SMILES string of the molecule is Cc1nn(C)c(C)c1C(=O)/C=C/c1cc(Br)ccc1F. The van der Waals surface area contributed by atoms with Gasteiger partial charge >= 0.3 is 0 Å². The number of hydrogen-bond donors (Lipinski definition) is 0. The van der Waals surface area contributed by atoms with Gasteiger partial charge in [0.05, 0.1) is 11.3 Å². The number of allylic oxidation sites excluding steroid dienone is 1. The number of aromatic nitrogens is 2. The van der Waals surface area contributed by atoms with E-state index in [1.165, 1.54) is 18.2 Å². The molecule has 0 spiro atoms. The summed E-state index contributed by atoms with van der Waals surface area (Å²) in [6.07, 6.45) is 2.86. The molecule has 20 heavy (non-hydrogen) atoms. The standard InChI is InChI=1S/C15H14BrFN2O/c1-9-15(10(2)19(3)18-9)14(20)7-4-11-8-12(16)5-6-13(11)17/h4-8H,1-3H3/b7-4+. The third-order valence-corrected chi connectivity index (χ3v) is 3.62. The van der Waals surface area contributed by atoms with Crippen molar-refractivity contribution in [3.8, 4) is 0 Å². The Kier molecular flexibility index (Phi) is 4.18. The number of ketones is 1. The summed E-state index contributed by atoms with van der Waals surface area (Å²) in [6.45, 7) is 3.62. The van der Waals surface area contributed by atoms with Gasteiger partial charge in [0, 0.05) is 22.8 Å². The number of carbonyl (C=O) groups excluding carboxylic acids is 1. The van der Waals surface area contributed by atoms with Crippen molar-refractivity contribution in [1.82, 2.24) is 9.78 Å². The molecule has 1 heterocycles. The molecule has 0 N–H and O–H groups in total. The zero-order valence-corrected chi connectivity index (χ0v) is 13.0. The Hall–Kier alpha value is -1.75. The van der Waals surface area contributed by atoms with Gasteiger partial charge in [-0.3, -0.25) is 9.48 Å². The van der Waals surface area contributed by atoms with E-state index in [2.05, 4.69) is 21.0 Å². The van der Waals surface area contributed by atoms with Gasteiger partial charge in [0.1, 0.15) is 5.82 Å². The Morgan fingerprint density at radius 1 is 1.40 bits per heavy atom. The first kappa shape index (κ1) is 14.7. The second-order valence-electron chi connectivity index (χ2n) is 4.53. The van der Waals surface area contributed by atoms with E-state index in [-0.39, 0.29) is 11.6 Å².